The summed E-state index contributed by atoms with van der Waals surface area (Å²) in [7, 11) is 0. The number of fused-ring (bicyclic) bond motifs is 1. The van der Waals surface area contributed by atoms with Gasteiger partial charge >= 0.3 is 0 Å². The lowest BCUT2D eigenvalue weighted by molar-refractivity contribution is -0.123. The number of nitrogens with one attached hydrogen (secondary N) is 2. The van der Waals surface area contributed by atoms with Crippen LogP contribution in [0.5, 0.6) is 0 Å². The van der Waals surface area contributed by atoms with Crippen LogP contribution in [0.3, 0.4) is 0 Å². The molecule has 3 atom stereocenters. The van der Waals surface area contributed by atoms with E-state index in [0.717, 1.165) is 25.7 Å². The summed E-state index contributed by atoms with van der Waals surface area (Å²) in [6.07, 6.45) is 4.52. The standard InChI is InChI=1S/C21H30N4O3/c1-12(2)10-19-21(28)24-17-11-14(8-9-18(17)25(19)13(3)26)20(27)23-16-7-5-4-6-15(16)22/h8-9,11-12,15-16,19H,4-7,10,22H2,1-3H3,(H,23,27)(H,24,28). The van der Waals surface area contributed by atoms with Gasteiger partial charge in [0.25, 0.3) is 5.91 Å². The quantitative estimate of drug-likeness (QED) is 0.739. The molecule has 28 heavy (non-hydrogen) atoms. The molecule has 1 aromatic rings. The number of carbonyl (C=O) groups is 3. The zero-order valence-corrected chi connectivity index (χ0v) is 16.8. The van der Waals surface area contributed by atoms with E-state index in [1.807, 2.05) is 13.8 Å². The van der Waals surface area contributed by atoms with Gasteiger partial charge < -0.3 is 16.4 Å². The lowest BCUT2D eigenvalue weighted by atomic mass is 9.91. The van der Waals surface area contributed by atoms with Crippen molar-refractivity contribution >= 4 is 29.1 Å². The van der Waals surface area contributed by atoms with Crippen LogP contribution in [0.4, 0.5) is 11.4 Å². The lowest BCUT2D eigenvalue weighted by Crippen LogP contribution is -2.51. The zero-order valence-electron chi connectivity index (χ0n) is 16.8. The second kappa shape index (κ2) is 8.31. The SMILES string of the molecule is CC(=O)N1c2ccc(C(=O)NC3CCCCC3N)cc2NC(=O)C1CC(C)C. The average molecular weight is 386 g/mol. The van der Waals surface area contributed by atoms with Gasteiger partial charge in [0.05, 0.1) is 11.4 Å². The van der Waals surface area contributed by atoms with Gasteiger partial charge in [-0.3, -0.25) is 19.3 Å². The number of hydrogen-bond donors (Lipinski definition) is 3. The third-order valence-corrected chi connectivity index (χ3v) is 5.56. The lowest BCUT2D eigenvalue weighted by Gasteiger charge is -2.37. The van der Waals surface area contributed by atoms with E-state index in [2.05, 4.69) is 10.6 Å². The van der Waals surface area contributed by atoms with Crippen molar-refractivity contribution in [3.8, 4) is 0 Å². The minimum Gasteiger partial charge on any atom is -0.348 e. The van der Waals surface area contributed by atoms with Crippen LogP contribution in [0, 0.1) is 5.92 Å². The molecule has 4 N–H and O–H groups in total. The van der Waals surface area contributed by atoms with Crippen LogP contribution in [0.15, 0.2) is 18.2 Å². The third-order valence-electron chi connectivity index (χ3n) is 5.56. The van der Waals surface area contributed by atoms with Crippen LogP contribution in [0.2, 0.25) is 0 Å². The van der Waals surface area contributed by atoms with Crippen LogP contribution < -0.4 is 21.3 Å². The van der Waals surface area contributed by atoms with E-state index in [1.165, 1.54) is 11.8 Å². The maximum atomic E-state index is 12.7. The molecule has 152 valence electrons. The largest absolute Gasteiger partial charge is 0.348 e. The molecule has 1 aliphatic heterocycles. The van der Waals surface area contributed by atoms with E-state index in [4.69, 9.17) is 5.73 Å². The fourth-order valence-corrected chi connectivity index (χ4v) is 4.13. The highest BCUT2D eigenvalue weighted by atomic mass is 16.2. The topological polar surface area (TPSA) is 105 Å². The number of anilines is 2. The first-order valence-corrected chi connectivity index (χ1v) is 10.1. The molecule has 1 aromatic carbocycles. The predicted octanol–water partition coefficient (Wildman–Crippen LogP) is 2.41. The molecule has 0 spiro atoms. The van der Waals surface area contributed by atoms with Crippen molar-refractivity contribution in [3.63, 3.8) is 0 Å². The Bertz CT molecular complexity index is 777. The van der Waals surface area contributed by atoms with E-state index < -0.39 is 6.04 Å². The van der Waals surface area contributed by atoms with Crippen molar-refractivity contribution in [2.75, 3.05) is 10.2 Å². The number of nitrogens with two attached hydrogens (primary N) is 1. The van der Waals surface area contributed by atoms with Gasteiger partial charge in [-0.1, -0.05) is 26.7 Å². The second-order valence-electron chi connectivity index (χ2n) is 8.28. The molecule has 1 fully saturated rings. The minimum absolute atomic E-state index is 0.0278. The first kappa shape index (κ1) is 20.3. The summed E-state index contributed by atoms with van der Waals surface area (Å²) in [4.78, 5) is 39.1. The predicted molar refractivity (Wildman–Crippen MR) is 109 cm³/mol. The van der Waals surface area contributed by atoms with Crippen molar-refractivity contribution in [2.45, 2.75) is 71.0 Å². The average Bonchev–Trinajstić information content (AvgIpc) is 2.63. The summed E-state index contributed by atoms with van der Waals surface area (Å²) in [6, 6.07) is 4.47. The van der Waals surface area contributed by atoms with Crippen LogP contribution >= 0.6 is 0 Å². The van der Waals surface area contributed by atoms with Gasteiger partial charge in [0, 0.05) is 24.6 Å². The number of benzene rings is 1. The normalized spacial score (nSPS) is 24.5. The van der Waals surface area contributed by atoms with Crippen LogP contribution in [-0.2, 0) is 9.59 Å². The molecule has 7 heteroatoms. The van der Waals surface area contributed by atoms with Gasteiger partial charge in [0.15, 0.2) is 0 Å². The minimum atomic E-state index is -0.537. The monoisotopic (exact) mass is 386 g/mol. The smallest absolute Gasteiger partial charge is 0.251 e. The van der Waals surface area contributed by atoms with Gasteiger partial charge in [-0.2, -0.15) is 0 Å². The molecule has 1 heterocycles. The number of amides is 3. The van der Waals surface area contributed by atoms with Gasteiger partial charge in [-0.25, -0.2) is 0 Å². The zero-order chi connectivity index (χ0) is 20.4. The third kappa shape index (κ3) is 4.19. The van der Waals surface area contributed by atoms with Crippen molar-refractivity contribution in [1.29, 1.82) is 0 Å². The molecule has 3 unspecified atom stereocenters. The Morgan fingerprint density at radius 3 is 2.64 bits per heavy atom. The number of nitrogens with zero attached hydrogens (tertiary/aromatic N) is 1. The Balaban J connectivity index is 1.84. The number of rotatable bonds is 4. The summed E-state index contributed by atoms with van der Waals surface area (Å²) in [5.41, 5.74) is 7.69. The molecule has 1 aliphatic carbocycles. The van der Waals surface area contributed by atoms with Crippen molar-refractivity contribution in [3.05, 3.63) is 23.8 Å². The van der Waals surface area contributed by atoms with E-state index in [9.17, 15) is 14.4 Å². The molecule has 0 radical (unpaired) electrons. The summed E-state index contributed by atoms with van der Waals surface area (Å²) in [5.74, 6) is -0.350. The summed E-state index contributed by atoms with van der Waals surface area (Å²) in [5, 5.41) is 5.88. The van der Waals surface area contributed by atoms with Crippen molar-refractivity contribution in [1.82, 2.24) is 5.32 Å². The molecule has 0 aromatic heterocycles. The molecular formula is C21H30N4O3. The first-order valence-electron chi connectivity index (χ1n) is 10.1. The summed E-state index contributed by atoms with van der Waals surface area (Å²) < 4.78 is 0. The second-order valence-corrected chi connectivity index (χ2v) is 8.28. The van der Waals surface area contributed by atoms with E-state index in [1.54, 1.807) is 18.2 Å². The Kier molecular flexibility index (Phi) is 6.03. The van der Waals surface area contributed by atoms with Crippen LogP contribution in [0.1, 0.15) is 63.2 Å². The highest BCUT2D eigenvalue weighted by Gasteiger charge is 2.36. The van der Waals surface area contributed by atoms with Crippen LogP contribution in [0.25, 0.3) is 0 Å². The summed E-state index contributed by atoms with van der Waals surface area (Å²) >= 11 is 0. The molecule has 0 bridgehead atoms. The molecule has 3 rings (SSSR count). The molecule has 2 aliphatic rings. The Hall–Kier alpha value is -2.41. The molecule has 3 amide bonds. The number of hydrogen-bond acceptors (Lipinski definition) is 4. The maximum absolute atomic E-state index is 12.7. The summed E-state index contributed by atoms with van der Waals surface area (Å²) in [6.45, 7) is 5.50. The van der Waals surface area contributed by atoms with Gasteiger partial charge in [-0.05, 0) is 43.4 Å². The van der Waals surface area contributed by atoms with E-state index in [0.29, 0.717) is 23.4 Å². The molecule has 0 saturated heterocycles. The number of carbonyl (C=O) groups excluding carboxylic acids is 3. The van der Waals surface area contributed by atoms with E-state index >= 15 is 0 Å². The van der Waals surface area contributed by atoms with Gasteiger partial charge in [-0.15, -0.1) is 0 Å². The van der Waals surface area contributed by atoms with Crippen molar-refractivity contribution in [2.24, 2.45) is 11.7 Å². The maximum Gasteiger partial charge on any atom is 0.251 e. The van der Waals surface area contributed by atoms with Gasteiger partial charge in [0.2, 0.25) is 11.8 Å². The molecular weight excluding hydrogens is 356 g/mol. The van der Waals surface area contributed by atoms with Crippen LogP contribution in [-0.4, -0.2) is 35.8 Å². The fraction of sp³-hybridized carbons (Fsp3) is 0.571. The highest BCUT2D eigenvalue weighted by Crippen LogP contribution is 2.35. The highest BCUT2D eigenvalue weighted by molar-refractivity contribution is 6.12. The van der Waals surface area contributed by atoms with E-state index in [-0.39, 0.29) is 35.7 Å². The van der Waals surface area contributed by atoms with Crippen molar-refractivity contribution < 1.29 is 14.4 Å². The Morgan fingerprint density at radius 2 is 2.00 bits per heavy atom. The molecule has 1 saturated carbocycles. The van der Waals surface area contributed by atoms with Gasteiger partial charge in [0.1, 0.15) is 6.04 Å². The Labute approximate surface area is 166 Å². The molecule has 7 nitrogen and oxygen atoms in total. The fourth-order valence-electron chi connectivity index (χ4n) is 4.13. The Morgan fingerprint density at radius 1 is 1.29 bits per heavy atom. The first-order chi connectivity index (χ1) is 13.3.